The van der Waals surface area contributed by atoms with Crippen molar-refractivity contribution in [3.63, 3.8) is 0 Å². The number of aliphatic hydroxyl groups is 7. The summed E-state index contributed by atoms with van der Waals surface area (Å²) in [6, 6.07) is -1.19. The molecule has 61 heavy (non-hydrogen) atoms. The van der Waals surface area contributed by atoms with E-state index >= 15 is 0 Å². The van der Waals surface area contributed by atoms with Gasteiger partial charge in [-0.15, -0.1) is 0 Å². The summed E-state index contributed by atoms with van der Waals surface area (Å²) in [6.45, 7) is 3.43. The summed E-state index contributed by atoms with van der Waals surface area (Å²) in [5.74, 6) is -0.709. The van der Waals surface area contributed by atoms with E-state index in [2.05, 4.69) is 43.5 Å². The van der Waals surface area contributed by atoms with Crippen molar-refractivity contribution in [1.82, 2.24) is 5.32 Å². The molecule has 1 heterocycles. The Morgan fingerprint density at radius 3 is 1.46 bits per heavy atom. The maximum atomic E-state index is 13.1. The molecule has 0 radical (unpaired) electrons. The van der Waals surface area contributed by atoms with Crippen molar-refractivity contribution < 1.29 is 50.0 Å². The Bertz CT molecular complexity index is 1040. The molecule has 9 unspecified atom stereocenters. The lowest BCUT2D eigenvalue weighted by molar-refractivity contribution is -0.303. The second kappa shape index (κ2) is 40.1. The molecule has 360 valence electrons. The van der Waals surface area contributed by atoms with Crippen LogP contribution in [0, 0.1) is 0 Å². The average molecular weight is 870 g/mol. The Morgan fingerprint density at radius 2 is 0.984 bits per heavy atom. The van der Waals surface area contributed by atoms with E-state index in [0.29, 0.717) is 19.3 Å². The van der Waals surface area contributed by atoms with E-state index in [1.165, 1.54) is 135 Å². The van der Waals surface area contributed by atoms with Gasteiger partial charge < -0.3 is 50.5 Å². The molecule has 1 amide bonds. The van der Waals surface area contributed by atoms with Gasteiger partial charge in [-0.1, -0.05) is 192 Å². The topological polar surface area (TPSA) is 189 Å². The number of hydrogen-bond acceptors (Lipinski definition) is 10. The summed E-state index contributed by atoms with van der Waals surface area (Å²) in [5, 5.41) is 75.8. The van der Waals surface area contributed by atoms with Crippen LogP contribution < -0.4 is 5.32 Å². The fourth-order valence-corrected chi connectivity index (χ4v) is 8.05. The van der Waals surface area contributed by atoms with E-state index < -0.39 is 74.2 Å². The highest BCUT2D eigenvalue weighted by Crippen LogP contribution is 2.23. The van der Waals surface area contributed by atoms with Crippen molar-refractivity contribution in [1.29, 1.82) is 0 Å². The van der Waals surface area contributed by atoms with Crippen LogP contribution in [0.3, 0.4) is 0 Å². The molecule has 8 N–H and O–H groups in total. The number of hydrogen-bond donors (Lipinski definition) is 8. The molecule has 11 heteroatoms. The first-order chi connectivity index (χ1) is 29.7. The molecule has 0 aromatic carbocycles. The quantitative estimate of drug-likeness (QED) is 0.0217. The van der Waals surface area contributed by atoms with Gasteiger partial charge in [0.15, 0.2) is 6.29 Å². The Labute approximate surface area is 372 Å². The first-order valence-corrected chi connectivity index (χ1v) is 25.2. The lowest BCUT2D eigenvalue weighted by Crippen LogP contribution is -2.60. The van der Waals surface area contributed by atoms with E-state index in [1.807, 2.05) is 0 Å². The van der Waals surface area contributed by atoms with E-state index in [0.717, 1.165) is 38.5 Å². The molecule has 0 aliphatic carbocycles. The van der Waals surface area contributed by atoms with Crippen LogP contribution in [-0.4, -0.2) is 110 Å². The lowest BCUT2D eigenvalue weighted by Gasteiger charge is -2.40. The van der Waals surface area contributed by atoms with Gasteiger partial charge in [0.1, 0.15) is 36.6 Å². The fraction of sp³-hybridized carbons (Fsp3) is 0.900. The number of carbonyl (C=O) groups excluding carboxylic acids is 1. The first kappa shape index (κ1) is 57.6. The highest BCUT2D eigenvalue weighted by atomic mass is 16.7. The van der Waals surface area contributed by atoms with Gasteiger partial charge in [-0.2, -0.15) is 0 Å². The molecule has 0 aromatic heterocycles. The summed E-state index contributed by atoms with van der Waals surface area (Å²) >= 11 is 0. The summed E-state index contributed by atoms with van der Waals surface area (Å²) in [6.07, 6.45) is 33.7. The Morgan fingerprint density at radius 1 is 0.557 bits per heavy atom. The van der Waals surface area contributed by atoms with Crippen LogP contribution in [0.25, 0.3) is 0 Å². The van der Waals surface area contributed by atoms with Crippen molar-refractivity contribution >= 4 is 5.91 Å². The summed E-state index contributed by atoms with van der Waals surface area (Å²) in [4.78, 5) is 13.1. The van der Waals surface area contributed by atoms with Crippen LogP contribution in [-0.2, 0) is 14.3 Å². The molecule has 0 saturated carbocycles. The van der Waals surface area contributed by atoms with E-state index in [1.54, 1.807) is 0 Å². The molecule has 1 rings (SSSR count). The highest BCUT2D eigenvalue weighted by molar-refractivity contribution is 5.80. The van der Waals surface area contributed by atoms with Gasteiger partial charge in [-0.3, -0.25) is 4.79 Å². The molecule has 1 aliphatic rings. The molecule has 1 fully saturated rings. The molecule has 1 saturated heterocycles. The van der Waals surface area contributed by atoms with Crippen molar-refractivity contribution in [2.45, 2.75) is 274 Å². The zero-order chi connectivity index (χ0) is 44.8. The third kappa shape index (κ3) is 29.6. The van der Waals surface area contributed by atoms with Gasteiger partial charge in [0.2, 0.25) is 5.91 Å². The number of nitrogens with one attached hydrogen (secondary N) is 1. The van der Waals surface area contributed by atoms with Crippen LogP contribution in [0.2, 0.25) is 0 Å². The van der Waals surface area contributed by atoms with Crippen molar-refractivity contribution in [2.75, 3.05) is 13.2 Å². The van der Waals surface area contributed by atoms with Gasteiger partial charge in [0.25, 0.3) is 0 Å². The second-order valence-electron chi connectivity index (χ2n) is 17.9. The van der Waals surface area contributed by atoms with Crippen LogP contribution in [0.4, 0.5) is 0 Å². The molecule has 9 atom stereocenters. The molecular weight excluding hydrogens is 775 g/mol. The molecule has 11 nitrogen and oxygen atoms in total. The zero-order valence-corrected chi connectivity index (χ0v) is 38.9. The van der Waals surface area contributed by atoms with E-state index in [-0.39, 0.29) is 12.8 Å². The maximum absolute atomic E-state index is 13.1. The van der Waals surface area contributed by atoms with Crippen LogP contribution in [0.1, 0.15) is 219 Å². The third-order valence-electron chi connectivity index (χ3n) is 12.2. The van der Waals surface area contributed by atoms with Crippen molar-refractivity contribution in [2.24, 2.45) is 0 Å². The van der Waals surface area contributed by atoms with Crippen LogP contribution >= 0.6 is 0 Å². The van der Waals surface area contributed by atoms with Gasteiger partial charge in [-0.05, 0) is 51.4 Å². The zero-order valence-electron chi connectivity index (χ0n) is 38.9. The van der Waals surface area contributed by atoms with Crippen molar-refractivity contribution in [3.05, 3.63) is 24.3 Å². The Balaban J connectivity index is 2.44. The monoisotopic (exact) mass is 870 g/mol. The molecule has 0 aromatic rings. The smallest absolute Gasteiger partial charge is 0.249 e. The number of rotatable bonds is 42. The van der Waals surface area contributed by atoms with Gasteiger partial charge in [0, 0.05) is 0 Å². The lowest BCUT2D eigenvalue weighted by atomic mass is 9.98. The number of ether oxygens (including phenoxy) is 2. The normalized spacial score (nSPS) is 21.6. The molecular formula is C50H95NO10. The number of amides is 1. The van der Waals surface area contributed by atoms with Crippen molar-refractivity contribution in [3.8, 4) is 0 Å². The molecule has 1 aliphatic heterocycles. The molecule has 0 spiro atoms. The fourth-order valence-electron chi connectivity index (χ4n) is 8.05. The summed E-state index contributed by atoms with van der Waals surface area (Å²) in [7, 11) is 0. The third-order valence-corrected chi connectivity index (χ3v) is 12.2. The minimum Gasteiger partial charge on any atom is -0.394 e. The number of unbranched alkanes of at least 4 members (excludes halogenated alkanes) is 26. The van der Waals surface area contributed by atoms with Crippen LogP contribution in [0.5, 0.6) is 0 Å². The standard InChI is InChI=1S/C50H95NO10/c1-3-5-7-9-11-13-15-17-19-21-22-24-25-27-29-31-33-35-37-42(53)45(55)41(40-60-50-48(58)47(57)46(56)44(39-52)61-50)51-49(59)43(54)38-36-34-32-30-28-26-23-20-18-16-14-12-10-8-6-4-2/h22,24,29,31,41-48,50,52-58H,3-21,23,25-28,30,32-40H2,1-2H3,(H,51,59)/b24-22+,31-29+. The minimum atomic E-state index is -1.67. The predicted octanol–water partition coefficient (Wildman–Crippen LogP) is 9.01. The van der Waals surface area contributed by atoms with Gasteiger partial charge in [-0.25, -0.2) is 0 Å². The largest absolute Gasteiger partial charge is 0.394 e. The number of aliphatic hydroxyl groups excluding tert-OH is 7. The average Bonchev–Trinajstić information content (AvgIpc) is 3.26. The second-order valence-corrected chi connectivity index (χ2v) is 17.9. The Hall–Kier alpha value is -1.41. The first-order valence-electron chi connectivity index (χ1n) is 25.2. The minimum absolute atomic E-state index is 0.248. The van der Waals surface area contributed by atoms with Crippen LogP contribution in [0.15, 0.2) is 24.3 Å². The predicted molar refractivity (Wildman–Crippen MR) is 247 cm³/mol. The Kier molecular flexibility index (Phi) is 37.9. The summed E-state index contributed by atoms with van der Waals surface area (Å²) < 4.78 is 11.1. The highest BCUT2D eigenvalue weighted by Gasteiger charge is 2.44. The molecule has 0 bridgehead atoms. The number of carbonyl (C=O) groups is 1. The van der Waals surface area contributed by atoms with Gasteiger partial charge in [0.05, 0.1) is 25.4 Å². The van der Waals surface area contributed by atoms with E-state index in [4.69, 9.17) is 9.47 Å². The van der Waals surface area contributed by atoms with Gasteiger partial charge >= 0.3 is 0 Å². The maximum Gasteiger partial charge on any atom is 0.249 e. The SMILES string of the molecule is CCCCCCCCCCC/C=C/CC/C=C/CCCC(O)C(O)C(COC1OC(CO)C(O)C(O)C1O)NC(=O)C(O)CCCCCCCCCCCCCCCCCC. The number of allylic oxidation sites excluding steroid dienone is 4. The van der Waals surface area contributed by atoms with E-state index in [9.17, 15) is 40.5 Å². The summed E-state index contributed by atoms with van der Waals surface area (Å²) in [5.41, 5.74) is 0.